The van der Waals surface area contributed by atoms with Gasteiger partial charge in [-0.2, -0.15) is 5.26 Å². The molecule has 0 bridgehead atoms. The summed E-state index contributed by atoms with van der Waals surface area (Å²) < 4.78 is 0. The van der Waals surface area contributed by atoms with Crippen LogP contribution < -0.4 is 10.6 Å². The fraction of sp³-hybridized carbons (Fsp3) is 0.154. The van der Waals surface area contributed by atoms with Crippen molar-refractivity contribution in [1.29, 1.82) is 5.26 Å². The summed E-state index contributed by atoms with van der Waals surface area (Å²) in [6.07, 6.45) is 0. The molecule has 1 aromatic carbocycles. The van der Waals surface area contributed by atoms with Gasteiger partial charge >= 0.3 is 0 Å². The average Bonchev–Trinajstić information content (AvgIpc) is 2.81. The highest BCUT2D eigenvalue weighted by atomic mass is 32.1. The second-order valence-electron chi connectivity index (χ2n) is 3.82. The van der Waals surface area contributed by atoms with Gasteiger partial charge < -0.3 is 10.6 Å². The van der Waals surface area contributed by atoms with E-state index in [0.717, 1.165) is 12.2 Å². The van der Waals surface area contributed by atoms with E-state index >= 15 is 0 Å². The van der Waals surface area contributed by atoms with E-state index in [2.05, 4.69) is 22.4 Å². The van der Waals surface area contributed by atoms with E-state index in [4.69, 9.17) is 11.0 Å². The number of hydrogen-bond acceptors (Lipinski definition) is 4. The monoisotopic (exact) mass is 243 g/mol. The Kier molecular flexibility index (Phi) is 3.31. The summed E-state index contributed by atoms with van der Waals surface area (Å²) in [6.45, 7) is 0.850. The highest BCUT2D eigenvalue weighted by Gasteiger charge is 2.05. The van der Waals surface area contributed by atoms with Crippen LogP contribution in [0, 0.1) is 11.3 Å². The van der Waals surface area contributed by atoms with Gasteiger partial charge in [-0.25, -0.2) is 0 Å². The van der Waals surface area contributed by atoms with E-state index in [9.17, 15) is 0 Å². The number of nitriles is 1. The van der Waals surface area contributed by atoms with Gasteiger partial charge in [0.2, 0.25) is 0 Å². The van der Waals surface area contributed by atoms with E-state index in [-0.39, 0.29) is 0 Å². The molecule has 4 heteroatoms. The van der Waals surface area contributed by atoms with Crippen molar-refractivity contribution in [2.75, 3.05) is 17.7 Å². The van der Waals surface area contributed by atoms with Crippen molar-refractivity contribution in [3.05, 3.63) is 46.2 Å². The molecular weight excluding hydrogens is 230 g/mol. The molecule has 0 spiro atoms. The van der Waals surface area contributed by atoms with Crippen LogP contribution in [0.1, 0.15) is 10.4 Å². The van der Waals surface area contributed by atoms with Crippen LogP contribution in [0.4, 0.5) is 11.4 Å². The molecule has 1 heterocycles. The third-order valence-electron chi connectivity index (χ3n) is 2.57. The Morgan fingerprint density at radius 1 is 1.41 bits per heavy atom. The molecule has 17 heavy (non-hydrogen) atoms. The number of thiophene rings is 1. The van der Waals surface area contributed by atoms with Gasteiger partial charge in [-0.1, -0.05) is 6.07 Å². The van der Waals surface area contributed by atoms with Crippen LogP contribution in [0.5, 0.6) is 0 Å². The highest BCUT2D eigenvalue weighted by Crippen LogP contribution is 2.22. The molecule has 0 unspecified atom stereocenters. The first-order valence-electron chi connectivity index (χ1n) is 5.24. The molecule has 0 aliphatic heterocycles. The Labute approximate surface area is 105 Å². The largest absolute Gasteiger partial charge is 0.398 e. The summed E-state index contributed by atoms with van der Waals surface area (Å²) in [7, 11) is 2.01. The third-order valence-corrected chi connectivity index (χ3v) is 3.43. The SMILES string of the molecule is CN(Cc1cccs1)c1ccc(C#N)c(N)c1. The van der Waals surface area contributed by atoms with E-state index in [0.29, 0.717) is 11.3 Å². The van der Waals surface area contributed by atoms with Gasteiger partial charge in [-0.3, -0.25) is 0 Å². The van der Waals surface area contributed by atoms with E-state index in [1.54, 1.807) is 17.4 Å². The lowest BCUT2D eigenvalue weighted by atomic mass is 10.1. The number of rotatable bonds is 3. The minimum absolute atomic E-state index is 0.526. The Morgan fingerprint density at radius 2 is 2.24 bits per heavy atom. The Morgan fingerprint density at radius 3 is 2.82 bits per heavy atom. The summed E-state index contributed by atoms with van der Waals surface area (Å²) in [5.74, 6) is 0. The van der Waals surface area contributed by atoms with E-state index < -0.39 is 0 Å². The molecule has 0 saturated heterocycles. The Balaban J connectivity index is 2.17. The van der Waals surface area contributed by atoms with Crippen LogP contribution in [-0.4, -0.2) is 7.05 Å². The number of nitrogen functional groups attached to an aromatic ring is 1. The van der Waals surface area contributed by atoms with Crippen molar-refractivity contribution in [2.24, 2.45) is 0 Å². The molecule has 86 valence electrons. The lowest BCUT2D eigenvalue weighted by Crippen LogP contribution is -2.15. The topological polar surface area (TPSA) is 53.0 Å². The number of nitrogens with two attached hydrogens (primary N) is 1. The fourth-order valence-corrected chi connectivity index (χ4v) is 2.37. The minimum Gasteiger partial charge on any atom is -0.398 e. The zero-order chi connectivity index (χ0) is 12.3. The van der Waals surface area contributed by atoms with Crippen molar-refractivity contribution in [3.63, 3.8) is 0 Å². The van der Waals surface area contributed by atoms with Crippen molar-refractivity contribution >= 4 is 22.7 Å². The van der Waals surface area contributed by atoms with Gasteiger partial charge in [0.1, 0.15) is 6.07 Å². The second kappa shape index (κ2) is 4.89. The molecule has 0 aliphatic carbocycles. The number of benzene rings is 1. The van der Waals surface area contributed by atoms with Gasteiger partial charge in [0.05, 0.1) is 17.8 Å². The van der Waals surface area contributed by atoms with Crippen molar-refractivity contribution < 1.29 is 0 Å². The quantitative estimate of drug-likeness (QED) is 0.843. The zero-order valence-corrected chi connectivity index (χ0v) is 10.4. The smallest absolute Gasteiger partial charge is 0.101 e. The van der Waals surface area contributed by atoms with Crippen molar-refractivity contribution in [1.82, 2.24) is 0 Å². The predicted molar refractivity (Wildman–Crippen MR) is 72.0 cm³/mol. The maximum Gasteiger partial charge on any atom is 0.101 e. The first kappa shape index (κ1) is 11.5. The maximum absolute atomic E-state index is 8.81. The van der Waals surface area contributed by atoms with Gasteiger partial charge in [0.25, 0.3) is 0 Å². The van der Waals surface area contributed by atoms with Crippen LogP contribution in [0.2, 0.25) is 0 Å². The minimum atomic E-state index is 0.526. The lowest BCUT2D eigenvalue weighted by Gasteiger charge is -2.19. The fourth-order valence-electron chi connectivity index (χ4n) is 1.62. The van der Waals surface area contributed by atoms with Gasteiger partial charge in [-0.05, 0) is 29.6 Å². The maximum atomic E-state index is 8.81. The lowest BCUT2D eigenvalue weighted by molar-refractivity contribution is 0.941. The standard InChI is InChI=1S/C13H13N3S/c1-16(9-12-3-2-6-17-12)11-5-4-10(8-14)13(15)7-11/h2-7H,9,15H2,1H3. The van der Waals surface area contributed by atoms with Crippen LogP contribution in [0.3, 0.4) is 0 Å². The normalized spacial score (nSPS) is 9.88. The molecule has 2 aromatic rings. The molecule has 2 N–H and O–H groups in total. The Bertz CT molecular complexity index is 540. The number of nitrogens with zero attached hydrogens (tertiary/aromatic N) is 2. The van der Waals surface area contributed by atoms with Gasteiger partial charge in [-0.15, -0.1) is 11.3 Å². The van der Waals surface area contributed by atoms with Crippen LogP contribution in [0.25, 0.3) is 0 Å². The second-order valence-corrected chi connectivity index (χ2v) is 4.85. The molecule has 0 amide bonds. The van der Waals surface area contributed by atoms with Crippen molar-refractivity contribution in [2.45, 2.75) is 6.54 Å². The summed E-state index contributed by atoms with van der Waals surface area (Å²) in [6, 6.07) is 11.7. The van der Waals surface area contributed by atoms with Crippen LogP contribution in [-0.2, 0) is 6.54 Å². The summed E-state index contributed by atoms with van der Waals surface area (Å²) in [5, 5.41) is 10.9. The molecule has 1 aromatic heterocycles. The van der Waals surface area contributed by atoms with E-state index in [1.807, 2.05) is 25.2 Å². The number of hydrogen-bond donors (Lipinski definition) is 1. The molecule has 0 radical (unpaired) electrons. The van der Waals surface area contributed by atoms with E-state index in [1.165, 1.54) is 4.88 Å². The molecular formula is C13H13N3S. The average molecular weight is 243 g/mol. The van der Waals surface area contributed by atoms with Gasteiger partial charge in [0.15, 0.2) is 0 Å². The molecule has 0 saturated carbocycles. The third kappa shape index (κ3) is 2.58. The summed E-state index contributed by atoms with van der Waals surface area (Å²) in [4.78, 5) is 3.42. The van der Waals surface area contributed by atoms with Crippen LogP contribution >= 0.6 is 11.3 Å². The van der Waals surface area contributed by atoms with Crippen molar-refractivity contribution in [3.8, 4) is 6.07 Å². The first-order valence-corrected chi connectivity index (χ1v) is 6.12. The summed E-state index contributed by atoms with van der Waals surface area (Å²) >= 11 is 1.73. The Hall–Kier alpha value is -1.99. The molecule has 0 fully saturated rings. The molecule has 0 atom stereocenters. The predicted octanol–water partition coefficient (Wildman–Crippen LogP) is 2.84. The van der Waals surface area contributed by atoms with Crippen LogP contribution in [0.15, 0.2) is 35.7 Å². The summed E-state index contributed by atoms with van der Waals surface area (Å²) in [5.41, 5.74) is 7.88. The molecule has 3 nitrogen and oxygen atoms in total. The molecule has 0 aliphatic rings. The molecule has 2 rings (SSSR count). The highest BCUT2D eigenvalue weighted by molar-refractivity contribution is 7.09. The zero-order valence-electron chi connectivity index (χ0n) is 9.55. The van der Waals surface area contributed by atoms with Gasteiger partial charge in [0, 0.05) is 17.6 Å². The first-order chi connectivity index (χ1) is 8.20. The number of anilines is 2.